The number of anilines is 1. The molecule has 0 saturated heterocycles. The van der Waals surface area contributed by atoms with Crippen molar-refractivity contribution in [3.05, 3.63) is 30.9 Å². The zero-order valence-electron chi connectivity index (χ0n) is 13.8. The largest absolute Gasteiger partial charge is 0.490 e. The van der Waals surface area contributed by atoms with Gasteiger partial charge in [0.1, 0.15) is 0 Å². The van der Waals surface area contributed by atoms with Gasteiger partial charge in [-0.3, -0.25) is 5.01 Å². The van der Waals surface area contributed by atoms with Crippen molar-refractivity contribution in [2.75, 3.05) is 24.8 Å². The van der Waals surface area contributed by atoms with E-state index in [4.69, 9.17) is 15.3 Å². The summed E-state index contributed by atoms with van der Waals surface area (Å²) in [5, 5.41) is 11.0. The van der Waals surface area contributed by atoms with E-state index in [1.165, 1.54) is 5.01 Å². The maximum absolute atomic E-state index is 9.76. The second kappa shape index (κ2) is 8.11. The first-order valence-corrected chi connectivity index (χ1v) is 7.57. The number of aromatic hydroxyl groups is 1. The minimum atomic E-state index is -0.415. The zero-order valence-corrected chi connectivity index (χ0v) is 13.8. The van der Waals surface area contributed by atoms with Crippen LogP contribution in [0.5, 0.6) is 17.5 Å². The van der Waals surface area contributed by atoms with Crippen LogP contribution in [0.25, 0.3) is 11.4 Å². The molecule has 8 nitrogen and oxygen atoms in total. The number of hydrogen-bond acceptors (Lipinski definition) is 8. The first kappa shape index (κ1) is 17.5. The van der Waals surface area contributed by atoms with Gasteiger partial charge in [-0.25, -0.2) is 5.84 Å². The van der Waals surface area contributed by atoms with Gasteiger partial charge in [0.15, 0.2) is 17.3 Å². The third-order valence-electron chi connectivity index (χ3n) is 3.00. The Morgan fingerprint density at radius 3 is 2.54 bits per heavy atom. The molecule has 2 rings (SSSR count). The van der Waals surface area contributed by atoms with Crippen molar-refractivity contribution < 1.29 is 14.6 Å². The van der Waals surface area contributed by atoms with Gasteiger partial charge in [0.25, 0.3) is 0 Å². The van der Waals surface area contributed by atoms with Crippen molar-refractivity contribution in [3.63, 3.8) is 0 Å². The van der Waals surface area contributed by atoms with Crippen molar-refractivity contribution in [2.24, 2.45) is 5.84 Å². The van der Waals surface area contributed by atoms with Crippen LogP contribution in [0.3, 0.4) is 0 Å². The Bertz CT molecular complexity index is 708. The summed E-state index contributed by atoms with van der Waals surface area (Å²) in [6.07, 6.45) is 1.60. The molecule has 2 aromatic rings. The molecule has 1 aromatic heterocycles. The highest BCUT2D eigenvalue weighted by Crippen LogP contribution is 2.32. The molecule has 0 atom stereocenters. The third-order valence-corrected chi connectivity index (χ3v) is 3.00. The number of nitrogens with zero attached hydrogens (tertiary/aromatic N) is 4. The lowest BCUT2D eigenvalue weighted by Crippen LogP contribution is -2.32. The molecule has 0 amide bonds. The van der Waals surface area contributed by atoms with Gasteiger partial charge in [-0.2, -0.15) is 15.0 Å². The van der Waals surface area contributed by atoms with Crippen LogP contribution in [0, 0.1) is 0 Å². The second-order valence-electron chi connectivity index (χ2n) is 4.73. The molecule has 24 heavy (non-hydrogen) atoms. The van der Waals surface area contributed by atoms with E-state index in [1.54, 1.807) is 24.3 Å². The summed E-state index contributed by atoms with van der Waals surface area (Å²) in [6, 6.07) is 4.89. The molecule has 0 unspecified atom stereocenters. The topological polar surface area (TPSA) is 107 Å². The average molecular weight is 331 g/mol. The molecule has 0 aliphatic carbocycles. The SMILES string of the molecule is C=CCN(N)c1nc(O)nc(-c2ccc(OCC)c(OCC)c2)n1. The Kier molecular flexibility index (Phi) is 5.91. The van der Waals surface area contributed by atoms with Gasteiger partial charge in [-0.05, 0) is 32.0 Å². The van der Waals surface area contributed by atoms with E-state index in [1.807, 2.05) is 13.8 Å². The summed E-state index contributed by atoms with van der Waals surface area (Å²) in [6.45, 7) is 8.74. The van der Waals surface area contributed by atoms with Crippen molar-refractivity contribution >= 4 is 5.95 Å². The molecule has 0 radical (unpaired) electrons. The highest BCUT2D eigenvalue weighted by molar-refractivity contribution is 5.62. The third kappa shape index (κ3) is 4.11. The van der Waals surface area contributed by atoms with E-state index in [9.17, 15) is 5.11 Å². The summed E-state index contributed by atoms with van der Waals surface area (Å²) in [4.78, 5) is 12.0. The summed E-state index contributed by atoms with van der Waals surface area (Å²) < 4.78 is 11.1. The van der Waals surface area contributed by atoms with Gasteiger partial charge >= 0.3 is 6.01 Å². The van der Waals surface area contributed by atoms with Gasteiger partial charge in [0.05, 0.1) is 19.8 Å². The first-order chi connectivity index (χ1) is 11.6. The fraction of sp³-hybridized carbons (Fsp3) is 0.312. The molecule has 8 heteroatoms. The fourth-order valence-electron chi connectivity index (χ4n) is 2.02. The van der Waals surface area contributed by atoms with Crippen molar-refractivity contribution in [1.82, 2.24) is 15.0 Å². The predicted molar refractivity (Wildman–Crippen MR) is 91.0 cm³/mol. The molecule has 0 fully saturated rings. The van der Waals surface area contributed by atoms with E-state index in [2.05, 4.69) is 21.5 Å². The number of ether oxygens (including phenoxy) is 2. The number of hydrogen-bond donors (Lipinski definition) is 2. The Labute approximate surface area is 140 Å². The zero-order chi connectivity index (χ0) is 17.5. The van der Waals surface area contributed by atoms with Crippen molar-refractivity contribution in [2.45, 2.75) is 13.8 Å². The van der Waals surface area contributed by atoms with Crippen LogP contribution in [0.4, 0.5) is 5.95 Å². The maximum atomic E-state index is 9.76. The van der Waals surface area contributed by atoms with E-state index in [0.29, 0.717) is 36.8 Å². The van der Waals surface area contributed by atoms with Crippen LogP contribution in [-0.2, 0) is 0 Å². The summed E-state index contributed by atoms with van der Waals surface area (Å²) in [7, 11) is 0. The van der Waals surface area contributed by atoms with Crippen LogP contribution in [-0.4, -0.2) is 39.8 Å². The predicted octanol–water partition coefficient (Wildman–Crippen LogP) is 1.91. The summed E-state index contributed by atoms with van der Waals surface area (Å²) in [5.74, 6) is 7.45. The molecule has 128 valence electrons. The number of nitrogens with two attached hydrogens (primary N) is 1. The van der Waals surface area contributed by atoms with Gasteiger partial charge < -0.3 is 14.6 Å². The first-order valence-electron chi connectivity index (χ1n) is 7.57. The van der Waals surface area contributed by atoms with E-state index >= 15 is 0 Å². The lowest BCUT2D eigenvalue weighted by atomic mass is 10.2. The normalized spacial score (nSPS) is 10.3. The Hall–Kier alpha value is -2.87. The number of hydrazine groups is 1. The molecular formula is C16H21N5O3. The molecule has 0 spiro atoms. The van der Waals surface area contributed by atoms with Gasteiger partial charge in [-0.1, -0.05) is 6.08 Å². The van der Waals surface area contributed by atoms with Crippen LogP contribution in [0.2, 0.25) is 0 Å². The fourth-order valence-corrected chi connectivity index (χ4v) is 2.02. The smallest absolute Gasteiger partial charge is 0.319 e. The van der Waals surface area contributed by atoms with Crippen LogP contribution >= 0.6 is 0 Å². The Balaban J connectivity index is 2.43. The van der Waals surface area contributed by atoms with E-state index < -0.39 is 6.01 Å². The molecule has 0 aliphatic heterocycles. The van der Waals surface area contributed by atoms with Crippen molar-refractivity contribution in [3.8, 4) is 28.9 Å². The van der Waals surface area contributed by atoms with Crippen molar-refractivity contribution in [1.29, 1.82) is 0 Å². The van der Waals surface area contributed by atoms with Gasteiger partial charge in [0.2, 0.25) is 5.95 Å². The lowest BCUT2D eigenvalue weighted by Gasteiger charge is -2.15. The monoisotopic (exact) mass is 331 g/mol. The molecule has 1 aromatic carbocycles. The molecule has 0 saturated carbocycles. The standard InChI is InChI=1S/C16H21N5O3/c1-4-9-21(17)15-18-14(19-16(22)20-15)11-7-8-12(23-5-2)13(10-11)24-6-3/h4,7-8,10H,1,5-6,9,17H2,2-3H3,(H,18,19,20,22). The maximum Gasteiger partial charge on any atom is 0.319 e. The van der Waals surface area contributed by atoms with Crippen LogP contribution in [0.1, 0.15) is 13.8 Å². The molecular weight excluding hydrogens is 310 g/mol. The Morgan fingerprint density at radius 1 is 1.17 bits per heavy atom. The van der Waals surface area contributed by atoms with E-state index in [0.717, 1.165) is 0 Å². The molecule has 0 bridgehead atoms. The van der Waals surface area contributed by atoms with Gasteiger partial charge in [-0.15, -0.1) is 6.58 Å². The van der Waals surface area contributed by atoms with Gasteiger partial charge in [0, 0.05) is 5.56 Å². The quantitative estimate of drug-likeness (QED) is 0.429. The van der Waals surface area contributed by atoms with E-state index in [-0.39, 0.29) is 11.8 Å². The van der Waals surface area contributed by atoms with Crippen LogP contribution < -0.4 is 20.3 Å². The molecule has 3 N–H and O–H groups in total. The molecule has 1 heterocycles. The minimum absolute atomic E-state index is 0.143. The summed E-state index contributed by atoms with van der Waals surface area (Å²) >= 11 is 0. The average Bonchev–Trinajstić information content (AvgIpc) is 2.56. The highest BCUT2D eigenvalue weighted by atomic mass is 16.5. The molecule has 0 aliphatic rings. The minimum Gasteiger partial charge on any atom is -0.490 e. The number of benzene rings is 1. The highest BCUT2D eigenvalue weighted by Gasteiger charge is 2.14. The Morgan fingerprint density at radius 2 is 1.88 bits per heavy atom. The second-order valence-corrected chi connectivity index (χ2v) is 4.73. The lowest BCUT2D eigenvalue weighted by molar-refractivity contribution is 0.288. The van der Waals surface area contributed by atoms with Crippen LogP contribution in [0.15, 0.2) is 30.9 Å². The summed E-state index contributed by atoms with van der Waals surface area (Å²) in [5.41, 5.74) is 0.646. The number of aromatic nitrogens is 3. The number of rotatable bonds is 8.